The van der Waals surface area contributed by atoms with Crippen molar-refractivity contribution in [2.24, 2.45) is 0 Å². The van der Waals surface area contributed by atoms with Gasteiger partial charge in [-0.05, 0) is 36.4 Å². The van der Waals surface area contributed by atoms with E-state index in [9.17, 15) is 26.3 Å². The number of pyridine rings is 2. The fourth-order valence-electron chi connectivity index (χ4n) is 4.88. The predicted molar refractivity (Wildman–Crippen MR) is 127 cm³/mol. The van der Waals surface area contributed by atoms with Crippen molar-refractivity contribution in [1.82, 2.24) is 9.97 Å². The first-order valence-electron chi connectivity index (χ1n) is 10.9. The van der Waals surface area contributed by atoms with Crippen molar-refractivity contribution in [3.63, 3.8) is 0 Å². The van der Waals surface area contributed by atoms with E-state index in [-0.39, 0.29) is 32.9 Å². The van der Waals surface area contributed by atoms with Gasteiger partial charge in [0.2, 0.25) is 0 Å². The van der Waals surface area contributed by atoms with Gasteiger partial charge in [-0.15, -0.1) is 0 Å². The Morgan fingerprint density at radius 1 is 0.417 bits per heavy atom. The fourth-order valence-corrected chi connectivity index (χ4v) is 4.88. The van der Waals surface area contributed by atoms with E-state index in [1.54, 1.807) is 48.5 Å². The number of aromatic nitrogens is 2. The SMILES string of the molecule is FC(F)(F)c1cccc2nc3ccccc3c(-c3c4ccccc4nc4cccc(C(F)(F)F)c34)c12. The van der Waals surface area contributed by atoms with Crippen LogP contribution in [0, 0.1) is 0 Å². The molecule has 2 nitrogen and oxygen atoms in total. The molecular weight excluding hydrogens is 478 g/mol. The monoisotopic (exact) mass is 492 g/mol. The van der Waals surface area contributed by atoms with Crippen LogP contribution in [0.25, 0.3) is 54.7 Å². The molecule has 0 aliphatic heterocycles. The Kier molecular flexibility index (Phi) is 4.73. The van der Waals surface area contributed by atoms with Crippen molar-refractivity contribution in [2.45, 2.75) is 12.4 Å². The van der Waals surface area contributed by atoms with Crippen LogP contribution in [-0.4, -0.2) is 9.97 Å². The number of nitrogens with zero attached hydrogens (tertiary/aromatic N) is 2. The second-order valence-electron chi connectivity index (χ2n) is 8.40. The lowest BCUT2D eigenvalue weighted by Crippen LogP contribution is -2.09. The van der Waals surface area contributed by atoms with Crippen LogP contribution in [0.15, 0.2) is 84.9 Å². The summed E-state index contributed by atoms with van der Waals surface area (Å²) in [5.74, 6) is 0. The number of rotatable bonds is 1. The Labute approximate surface area is 199 Å². The lowest BCUT2D eigenvalue weighted by Gasteiger charge is -2.21. The summed E-state index contributed by atoms with van der Waals surface area (Å²) in [6, 6.07) is 20.3. The quantitative estimate of drug-likeness (QED) is 0.169. The molecule has 0 amide bonds. The lowest BCUT2D eigenvalue weighted by molar-refractivity contribution is -0.137. The maximum absolute atomic E-state index is 14.3. The smallest absolute Gasteiger partial charge is 0.248 e. The molecule has 0 N–H and O–H groups in total. The summed E-state index contributed by atoms with van der Waals surface area (Å²) in [7, 11) is 0. The van der Waals surface area contributed by atoms with Crippen molar-refractivity contribution in [3.8, 4) is 11.1 Å². The molecule has 6 rings (SSSR count). The third-order valence-electron chi connectivity index (χ3n) is 6.27. The van der Waals surface area contributed by atoms with Crippen molar-refractivity contribution in [2.75, 3.05) is 0 Å². The molecule has 178 valence electrons. The van der Waals surface area contributed by atoms with E-state index in [1.807, 2.05) is 0 Å². The molecule has 0 fully saturated rings. The molecule has 0 saturated heterocycles. The molecule has 0 unspecified atom stereocenters. The number of benzene rings is 4. The van der Waals surface area contributed by atoms with E-state index in [4.69, 9.17) is 0 Å². The highest BCUT2D eigenvalue weighted by Crippen LogP contribution is 2.48. The van der Waals surface area contributed by atoms with E-state index < -0.39 is 23.5 Å². The molecule has 0 atom stereocenters. The largest absolute Gasteiger partial charge is 0.417 e. The molecule has 0 radical (unpaired) electrons. The van der Waals surface area contributed by atoms with Crippen LogP contribution in [0.5, 0.6) is 0 Å². The number of hydrogen-bond acceptors (Lipinski definition) is 2. The first-order valence-corrected chi connectivity index (χ1v) is 10.9. The minimum absolute atomic E-state index is 0.0389. The third kappa shape index (κ3) is 3.36. The van der Waals surface area contributed by atoms with Gasteiger partial charge in [-0.1, -0.05) is 48.5 Å². The minimum Gasteiger partial charge on any atom is -0.248 e. The highest BCUT2D eigenvalue weighted by molar-refractivity contribution is 6.21. The lowest BCUT2D eigenvalue weighted by atomic mass is 9.87. The zero-order valence-electron chi connectivity index (χ0n) is 18.2. The maximum Gasteiger partial charge on any atom is 0.417 e. The van der Waals surface area contributed by atoms with Gasteiger partial charge in [-0.3, -0.25) is 0 Å². The number of para-hydroxylation sites is 2. The Morgan fingerprint density at radius 3 is 1.17 bits per heavy atom. The van der Waals surface area contributed by atoms with E-state index in [1.165, 1.54) is 24.3 Å². The molecule has 0 saturated carbocycles. The summed E-state index contributed by atoms with van der Waals surface area (Å²) in [5.41, 5.74) is -1.02. The highest BCUT2D eigenvalue weighted by Gasteiger charge is 2.37. The van der Waals surface area contributed by atoms with Gasteiger partial charge in [0.15, 0.2) is 0 Å². The minimum atomic E-state index is -4.76. The van der Waals surface area contributed by atoms with Crippen LogP contribution in [0.3, 0.4) is 0 Å². The summed E-state index contributed by atoms with van der Waals surface area (Å²) < 4.78 is 85.7. The topological polar surface area (TPSA) is 25.8 Å². The van der Waals surface area contributed by atoms with Crippen LogP contribution in [-0.2, 0) is 12.4 Å². The van der Waals surface area contributed by atoms with Crippen LogP contribution >= 0.6 is 0 Å². The number of hydrogen-bond donors (Lipinski definition) is 0. The standard InChI is InChI=1S/C28H14F6N2/c29-27(30,31)17-9-5-13-21-25(17)23(15-7-1-3-11-19(15)35-21)24-16-8-2-4-12-20(16)36-22-14-6-10-18(26(22)24)28(32,33)34/h1-14H. The van der Waals surface area contributed by atoms with E-state index in [0.29, 0.717) is 21.8 Å². The van der Waals surface area contributed by atoms with Gasteiger partial charge in [0.05, 0.1) is 33.2 Å². The summed E-state index contributed by atoms with van der Waals surface area (Å²) in [5, 5.41) is 0.129. The summed E-state index contributed by atoms with van der Waals surface area (Å²) in [6.45, 7) is 0. The predicted octanol–water partition coefficient (Wildman–Crippen LogP) is 8.79. The van der Waals surface area contributed by atoms with Gasteiger partial charge in [-0.2, -0.15) is 26.3 Å². The molecule has 8 heteroatoms. The van der Waals surface area contributed by atoms with Gasteiger partial charge < -0.3 is 0 Å². The first-order chi connectivity index (χ1) is 17.1. The maximum atomic E-state index is 14.3. The molecule has 2 aromatic heterocycles. The van der Waals surface area contributed by atoms with Gasteiger partial charge in [0.25, 0.3) is 0 Å². The van der Waals surface area contributed by atoms with Crippen LogP contribution < -0.4 is 0 Å². The molecule has 2 heterocycles. The Morgan fingerprint density at radius 2 is 0.778 bits per heavy atom. The zero-order valence-corrected chi connectivity index (χ0v) is 18.2. The molecule has 0 aliphatic rings. The van der Waals surface area contributed by atoms with Crippen LogP contribution in [0.1, 0.15) is 11.1 Å². The second kappa shape index (κ2) is 7.65. The molecule has 6 aromatic rings. The van der Waals surface area contributed by atoms with E-state index in [0.717, 1.165) is 12.1 Å². The molecule has 0 spiro atoms. The number of halogens is 6. The molecule has 4 aromatic carbocycles. The number of fused-ring (bicyclic) bond motifs is 4. The van der Waals surface area contributed by atoms with Crippen LogP contribution in [0.4, 0.5) is 26.3 Å². The van der Waals surface area contributed by atoms with E-state index in [2.05, 4.69) is 9.97 Å². The van der Waals surface area contributed by atoms with Crippen molar-refractivity contribution < 1.29 is 26.3 Å². The zero-order chi connectivity index (χ0) is 25.2. The van der Waals surface area contributed by atoms with Crippen molar-refractivity contribution in [3.05, 3.63) is 96.1 Å². The molecule has 36 heavy (non-hydrogen) atoms. The van der Waals surface area contributed by atoms with Gasteiger partial charge in [-0.25, -0.2) is 9.97 Å². The summed E-state index contributed by atoms with van der Waals surface area (Å²) >= 11 is 0. The second-order valence-corrected chi connectivity index (χ2v) is 8.40. The Balaban J connectivity index is 1.99. The van der Waals surface area contributed by atoms with Gasteiger partial charge in [0, 0.05) is 32.7 Å². The molecule has 0 aliphatic carbocycles. The van der Waals surface area contributed by atoms with Crippen molar-refractivity contribution >= 4 is 43.6 Å². The Bertz CT molecular complexity index is 1680. The highest BCUT2D eigenvalue weighted by atomic mass is 19.4. The van der Waals surface area contributed by atoms with E-state index >= 15 is 0 Å². The van der Waals surface area contributed by atoms with Crippen LogP contribution in [0.2, 0.25) is 0 Å². The third-order valence-corrected chi connectivity index (χ3v) is 6.27. The average Bonchev–Trinajstić information content (AvgIpc) is 2.84. The fraction of sp³-hybridized carbons (Fsp3) is 0.0714. The summed E-state index contributed by atoms with van der Waals surface area (Å²) in [4.78, 5) is 8.86. The molecule has 0 bridgehead atoms. The average molecular weight is 492 g/mol. The summed E-state index contributed by atoms with van der Waals surface area (Å²) in [6.07, 6.45) is -9.52. The van der Waals surface area contributed by atoms with Gasteiger partial charge >= 0.3 is 12.4 Å². The number of alkyl halides is 6. The Hall–Kier alpha value is -4.20. The normalized spacial score (nSPS) is 12.7. The van der Waals surface area contributed by atoms with Crippen molar-refractivity contribution in [1.29, 1.82) is 0 Å². The van der Waals surface area contributed by atoms with Gasteiger partial charge in [0.1, 0.15) is 0 Å². The molecular formula is C28H14F6N2. The first kappa shape index (κ1) is 22.3.